The van der Waals surface area contributed by atoms with Crippen LogP contribution in [0, 0.1) is 0 Å². The van der Waals surface area contributed by atoms with Gasteiger partial charge in [-0.2, -0.15) is 10.2 Å². The molecule has 0 atom stereocenters. The highest BCUT2D eigenvalue weighted by Crippen LogP contribution is 2.42. The van der Waals surface area contributed by atoms with E-state index in [0.717, 1.165) is 0 Å². The summed E-state index contributed by atoms with van der Waals surface area (Å²) in [5, 5.41) is 8.51. The lowest BCUT2D eigenvalue weighted by Gasteiger charge is -2.09. The second-order valence-corrected chi connectivity index (χ2v) is 11.2. The number of esters is 1. The molecular weight excluding hydrogens is 672 g/mol. The van der Waals surface area contributed by atoms with Crippen LogP contribution in [-0.2, 0) is 11.2 Å². The highest BCUT2D eigenvalue weighted by atomic mass is 79.9. The maximum absolute atomic E-state index is 13.0. The zero-order chi connectivity index (χ0) is 29.9. The number of fused-ring (bicyclic) bond motifs is 2. The molecule has 2 aliphatic rings. The molecule has 2 aromatic heterocycles. The van der Waals surface area contributed by atoms with E-state index in [4.69, 9.17) is 4.74 Å². The van der Waals surface area contributed by atoms with Crippen LogP contribution in [0.15, 0.2) is 69.9 Å². The van der Waals surface area contributed by atoms with Crippen molar-refractivity contribution in [2.24, 2.45) is 0 Å². The Bertz CT molecular complexity index is 1840. The van der Waals surface area contributed by atoms with E-state index in [2.05, 4.69) is 42.1 Å². The number of halogens is 2. The summed E-state index contributed by atoms with van der Waals surface area (Å²) in [6, 6.07) is 13.1. The Morgan fingerprint density at radius 2 is 1.21 bits per heavy atom. The van der Waals surface area contributed by atoms with E-state index in [1.54, 1.807) is 42.5 Å². The van der Waals surface area contributed by atoms with E-state index < -0.39 is 5.97 Å². The van der Waals surface area contributed by atoms with Gasteiger partial charge < -0.3 is 4.74 Å². The third kappa shape index (κ3) is 4.62. The fourth-order valence-corrected chi connectivity index (χ4v) is 6.16. The molecule has 6 rings (SSSR count). The summed E-state index contributed by atoms with van der Waals surface area (Å²) < 4.78 is 8.54. The maximum Gasteiger partial charge on any atom is 0.315 e. The second-order valence-electron chi connectivity index (χ2n) is 9.60. The van der Waals surface area contributed by atoms with Gasteiger partial charge in [0.25, 0.3) is 0 Å². The van der Waals surface area contributed by atoms with Gasteiger partial charge in [0.2, 0.25) is 23.4 Å². The van der Waals surface area contributed by atoms with Crippen molar-refractivity contribution in [1.29, 1.82) is 0 Å². The van der Waals surface area contributed by atoms with Crippen LogP contribution in [-0.4, -0.2) is 48.9 Å². The number of aromatic nitrogens is 4. The van der Waals surface area contributed by atoms with Gasteiger partial charge in [-0.15, -0.1) is 0 Å². The minimum absolute atomic E-state index is 0.118. The molecule has 12 heteroatoms. The normalized spacial score (nSPS) is 14.0. The van der Waals surface area contributed by atoms with Crippen molar-refractivity contribution in [3.8, 4) is 5.75 Å². The highest BCUT2D eigenvalue weighted by Gasteiger charge is 2.32. The first-order valence-corrected chi connectivity index (χ1v) is 14.1. The number of rotatable bonds is 5. The molecule has 208 valence electrons. The molecule has 0 spiro atoms. The molecule has 0 amide bonds. The zero-order valence-corrected chi connectivity index (χ0v) is 25.1. The predicted molar refractivity (Wildman–Crippen MR) is 158 cm³/mol. The number of hydrogen-bond acceptors (Lipinski definition) is 8. The van der Waals surface area contributed by atoms with Crippen LogP contribution >= 0.6 is 31.9 Å². The number of hydrogen-bond donors (Lipinski definition) is 0. The minimum atomic E-state index is -0.578. The Labute approximate surface area is 254 Å². The number of Topliss-reactive ketones (excluding diaryl/α,β-unsaturated/α-hetero) is 2. The summed E-state index contributed by atoms with van der Waals surface area (Å²) in [4.78, 5) is 62.1. The van der Waals surface area contributed by atoms with E-state index in [1.165, 1.54) is 41.7 Å². The van der Waals surface area contributed by atoms with E-state index >= 15 is 0 Å². The molecular formula is C30H18Br2N4O6. The first-order chi connectivity index (χ1) is 20.0. The van der Waals surface area contributed by atoms with Gasteiger partial charge in [-0.05, 0) is 84.9 Å². The Hall–Kier alpha value is -4.55. The monoisotopic (exact) mass is 688 g/mol. The summed E-state index contributed by atoms with van der Waals surface area (Å²) in [6.45, 7) is 2.77. The van der Waals surface area contributed by atoms with Gasteiger partial charge in [0.05, 0.1) is 26.8 Å². The van der Waals surface area contributed by atoms with Crippen molar-refractivity contribution < 1.29 is 28.7 Å². The zero-order valence-electron chi connectivity index (χ0n) is 22.0. The number of benzene rings is 2. The molecule has 0 N–H and O–H groups in total. The number of nitrogens with zero attached hydrogens (tertiary/aromatic N) is 4. The number of carbonyl (C=O) groups is 5. The number of ether oxygens (including phenoxy) is 1. The first-order valence-electron chi connectivity index (χ1n) is 12.5. The van der Waals surface area contributed by atoms with E-state index in [0.29, 0.717) is 59.3 Å². The molecule has 0 radical (unpaired) electrons. The van der Waals surface area contributed by atoms with Crippen LogP contribution in [0.5, 0.6) is 5.75 Å². The average molecular weight is 690 g/mol. The van der Waals surface area contributed by atoms with Gasteiger partial charge in [0.1, 0.15) is 5.75 Å². The highest BCUT2D eigenvalue weighted by molar-refractivity contribution is 9.12. The average Bonchev–Trinajstić information content (AvgIpc) is 3.72. The lowest BCUT2D eigenvalue weighted by Crippen LogP contribution is -2.12. The fraction of sp³-hybridized carbons (Fsp3) is 0.100. The van der Waals surface area contributed by atoms with Crippen LogP contribution < -0.4 is 4.74 Å². The van der Waals surface area contributed by atoms with Crippen LogP contribution in [0.4, 0.5) is 0 Å². The van der Waals surface area contributed by atoms with E-state index in [-0.39, 0.29) is 35.6 Å². The third-order valence-electron chi connectivity index (χ3n) is 6.86. The molecule has 0 saturated heterocycles. The summed E-state index contributed by atoms with van der Waals surface area (Å²) in [5.74, 6) is -1.46. The second kappa shape index (κ2) is 10.4. The standard InChI is InChI=1S/C30H18Br2N4O6/c1-14(37)35-9-7-22(33-35)25-18-5-3-16(11-20(18)29(40)27(25)31)12-24(39)42-17-4-6-19-21(13-17)30(41)28(32)26(19)23-8-10-36(34-23)15(2)38/h3-11,13H,12H2,1-2H3. The largest absolute Gasteiger partial charge is 0.426 e. The number of carbonyl (C=O) groups excluding carboxylic acids is 5. The maximum atomic E-state index is 13.0. The molecule has 42 heavy (non-hydrogen) atoms. The molecule has 2 aromatic carbocycles. The van der Waals surface area contributed by atoms with Gasteiger partial charge in [-0.1, -0.05) is 12.1 Å². The fourth-order valence-electron chi connectivity index (χ4n) is 4.90. The molecule has 10 nitrogen and oxygen atoms in total. The van der Waals surface area contributed by atoms with Gasteiger partial charge in [0, 0.05) is 48.5 Å². The quantitative estimate of drug-likeness (QED) is 0.205. The Morgan fingerprint density at radius 3 is 1.71 bits per heavy atom. The van der Waals surface area contributed by atoms with E-state index in [9.17, 15) is 24.0 Å². The number of allylic oxidation sites excluding steroid dienone is 2. The van der Waals surface area contributed by atoms with Crippen molar-refractivity contribution in [2.75, 3.05) is 0 Å². The third-order valence-corrected chi connectivity index (χ3v) is 8.37. The van der Waals surface area contributed by atoms with Crippen molar-refractivity contribution in [2.45, 2.75) is 20.3 Å². The molecule has 2 aliphatic carbocycles. The van der Waals surface area contributed by atoms with Crippen LogP contribution in [0.1, 0.15) is 72.2 Å². The van der Waals surface area contributed by atoms with Crippen molar-refractivity contribution in [3.05, 3.63) is 109 Å². The Kier molecular flexibility index (Phi) is 6.82. The molecule has 4 aromatic rings. The van der Waals surface area contributed by atoms with Gasteiger partial charge in [0.15, 0.2) is 0 Å². The summed E-state index contributed by atoms with van der Waals surface area (Å²) >= 11 is 6.71. The van der Waals surface area contributed by atoms with Crippen LogP contribution in [0.3, 0.4) is 0 Å². The predicted octanol–water partition coefficient (Wildman–Crippen LogP) is 5.25. The smallest absolute Gasteiger partial charge is 0.315 e. The molecule has 0 saturated carbocycles. The van der Waals surface area contributed by atoms with Crippen molar-refractivity contribution in [1.82, 2.24) is 19.6 Å². The van der Waals surface area contributed by atoms with Crippen molar-refractivity contribution in [3.63, 3.8) is 0 Å². The van der Waals surface area contributed by atoms with Gasteiger partial charge >= 0.3 is 5.97 Å². The SMILES string of the molecule is CC(=O)n1ccc(C2=C(Br)C(=O)c3cc(CC(=O)Oc4ccc5c(c4)C(=O)C(Br)=C5c4ccn(C(C)=O)n4)ccc32)n1. The molecule has 0 unspecified atom stereocenters. The molecule has 0 fully saturated rings. The van der Waals surface area contributed by atoms with Gasteiger partial charge in [-0.25, -0.2) is 9.36 Å². The Balaban J connectivity index is 1.20. The van der Waals surface area contributed by atoms with Gasteiger partial charge in [-0.3, -0.25) is 24.0 Å². The lowest BCUT2D eigenvalue weighted by atomic mass is 9.99. The molecule has 0 aliphatic heterocycles. The summed E-state index contributed by atoms with van der Waals surface area (Å²) in [5.41, 5.74) is 4.57. The molecule has 2 heterocycles. The number of ketones is 2. The van der Waals surface area contributed by atoms with Crippen LogP contribution in [0.25, 0.3) is 11.1 Å². The minimum Gasteiger partial charge on any atom is -0.426 e. The van der Waals surface area contributed by atoms with Crippen LogP contribution in [0.2, 0.25) is 0 Å². The Morgan fingerprint density at radius 1 is 0.714 bits per heavy atom. The summed E-state index contributed by atoms with van der Waals surface area (Å²) in [7, 11) is 0. The van der Waals surface area contributed by atoms with Crippen molar-refractivity contribution >= 4 is 72.4 Å². The molecule has 0 bridgehead atoms. The first kappa shape index (κ1) is 27.6. The van der Waals surface area contributed by atoms with E-state index in [1.807, 2.05) is 0 Å². The summed E-state index contributed by atoms with van der Waals surface area (Å²) in [6.07, 6.45) is 2.93. The lowest BCUT2D eigenvalue weighted by molar-refractivity contribution is -0.133. The topological polar surface area (TPSA) is 130 Å².